The number of ether oxygens (including phenoxy) is 1. The molecular weight excluding hydrogens is 406 g/mol. The number of hydrogen-bond donors (Lipinski definition) is 1. The second-order valence-electron chi connectivity index (χ2n) is 7.77. The van der Waals surface area contributed by atoms with Gasteiger partial charge in [0.05, 0.1) is 38.1 Å². The van der Waals surface area contributed by atoms with Crippen LogP contribution in [-0.2, 0) is 16.1 Å². The van der Waals surface area contributed by atoms with Crippen LogP contribution in [0.25, 0.3) is 0 Å². The maximum absolute atomic E-state index is 12.7. The van der Waals surface area contributed by atoms with Crippen LogP contribution in [0.5, 0.6) is 0 Å². The third-order valence-electron chi connectivity index (χ3n) is 5.32. The molecule has 1 N–H and O–H groups in total. The van der Waals surface area contributed by atoms with E-state index < -0.39 is 0 Å². The highest BCUT2D eigenvalue weighted by atomic mass is 16.5. The zero-order valence-electron chi connectivity index (χ0n) is 18.1. The lowest BCUT2D eigenvalue weighted by atomic mass is 10.2. The SMILES string of the molecule is CN(CC(=O)Nc1ccc(N2CCOCC2)cc1)C(=O)c1cnn(Cc2ccccc2)c1. The number of amides is 2. The van der Waals surface area contributed by atoms with Crippen LogP contribution in [0, 0.1) is 0 Å². The molecule has 0 saturated carbocycles. The molecule has 0 atom stereocenters. The molecule has 3 aromatic rings. The third kappa shape index (κ3) is 5.53. The van der Waals surface area contributed by atoms with Crippen LogP contribution in [-0.4, -0.2) is 66.4 Å². The predicted molar refractivity (Wildman–Crippen MR) is 123 cm³/mol. The summed E-state index contributed by atoms with van der Waals surface area (Å²) in [5, 5.41) is 7.12. The second kappa shape index (κ2) is 10.1. The van der Waals surface area contributed by atoms with Crippen molar-refractivity contribution in [2.24, 2.45) is 0 Å². The molecule has 8 heteroatoms. The van der Waals surface area contributed by atoms with Crippen molar-refractivity contribution in [1.82, 2.24) is 14.7 Å². The standard InChI is InChI=1S/C24H27N5O3/c1-27(24(31)20-15-25-29(17-20)16-19-5-3-2-4-6-19)18-23(30)26-21-7-9-22(10-8-21)28-11-13-32-14-12-28/h2-10,15,17H,11-14,16,18H2,1H3,(H,26,30). The van der Waals surface area contributed by atoms with Gasteiger partial charge in [-0.05, 0) is 29.8 Å². The number of anilines is 2. The Morgan fingerprint density at radius 2 is 1.78 bits per heavy atom. The lowest BCUT2D eigenvalue weighted by Crippen LogP contribution is -2.36. The van der Waals surface area contributed by atoms with Crippen molar-refractivity contribution < 1.29 is 14.3 Å². The number of hydrogen-bond acceptors (Lipinski definition) is 5. The molecule has 2 amide bonds. The van der Waals surface area contributed by atoms with Gasteiger partial charge in [0.2, 0.25) is 5.91 Å². The third-order valence-corrected chi connectivity index (χ3v) is 5.32. The Bertz CT molecular complexity index is 1040. The molecule has 0 unspecified atom stereocenters. The van der Waals surface area contributed by atoms with Gasteiger partial charge in [0.1, 0.15) is 0 Å². The zero-order valence-corrected chi connectivity index (χ0v) is 18.1. The topological polar surface area (TPSA) is 79.7 Å². The van der Waals surface area contributed by atoms with E-state index in [1.54, 1.807) is 17.9 Å². The highest BCUT2D eigenvalue weighted by Gasteiger charge is 2.17. The molecule has 0 radical (unpaired) electrons. The van der Waals surface area contributed by atoms with Crippen LogP contribution < -0.4 is 10.2 Å². The summed E-state index contributed by atoms with van der Waals surface area (Å²) >= 11 is 0. The molecule has 2 heterocycles. The lowest BCUT2D eigenvalue weighted by Gasteiger charge is -2.28. The number of nitrogens with one attached hydrogen (secondary N) is 1. The van der Waals surface area contributed by atoms with Gasteiger partial charge in [0, 0.05) is 37.7 Å². The van der Waals surface area contributed by atoms with Gasteiger partial charge in [-0.2, -0.15) is 5.10 Å². The minimum atomic E-state index is -0.253. The van der Waals surface area contributed by atoms with E-state index in [0.717, 1.165) is 37.6 Å². The Labute approximate surface area is 187 Å². The van der Waals surface area contributed by atoms with Crippen molar-refractivity contribution >= 4 is 23.2 Å². The first-order valence-corrected chi connectivity index (χ1v) is 10.6. The largest absolute Gasteiger partial charge is 0.378 e. The molecule has 0 bridgehead atoms. The van der Waals surface area contributed by atoms with Crippen LogP contribution in [0.1, 0.15) is 15.9 Å². The molecule has 2 aromatic carbocycles. The van der Waals surface area contributed by atoms with Crippen LogP contribution >= 0.6 is 0 Å². The van der Waals surface area contributed by atoms with Crippen LogP contribution in [0.3, 0.4) is 0 Å². The van der Waals surface area contributed by atoms with Gasteiger partial charge >= 0.3 is 0 Å². The van der Waals surface area contributed by atoms with E-state index in [2.05, 4.69) is 15.3 Å². The summed E-state index contributed by atoms with van der Waals surface area (Å²) in [5.41, 5.74) is 3.35. The quantitative estimate of drug-likeness (QED) is 0.619. The molecule has 0 aliphatic carbocycles. The van der Waals surface area contributed by atoms with Crippen molar-refractivity contribution in [3.63, 3.8) is 0 Å². The fourth-order valence-electron chi connectivity index (χ4n) is 3.62. The minimum absolute atomic E-state index is 0.0477. The van der Waals surface area contributed by atoms with E-state index in [1.807, 2.05) is 54.6 Å². The summed E-state index contributed by atoms with van der Waals surface area (Å²) in [6, 6.07) is 17.6. The second-order valence-corrected chi connectivity index (χ2v) is 7.77. The van der Waals surface area contributed by atoms with Crippen molar-refractivity contribution in [3.05, 3.63) is 78.1 Å². The molecule has 0 spiro atoms. The van der Waals surface area contributed by atoms with Crippen LogP contribution in [0.2, 0.25) is 0 Å². The number of morpholine rings is 1. The highest BCUT2D eigenvalue weighted by molar-refractivity contribution is 5.99. The molecule has 1 aromatic heterocycles. The van der Waals surface area contributed by atoms with Gasteiger partial charge in [-0.15, -0.1) is 0 Å². The van der Waals surface area contributed by atoms with E-state index in [0.29, 0.717) is 17.8 Å². The zero-order chi connectivity index (χ0) is 22.3. The summed E-state index contributed by atoms with van der Waals surface area (Å²) < 4.78 is 7.09. The van der Waals surface area contributed by atoms with Gasteiger partial charge in [-0.1, -0.05) is 30.3 Å². The van der Waals surface area contributed by atoms with Gasteiger partial charge in [0.15, 0.2) is 0 Å². The normalized spacial score (nSPS) is 13.6. The molecule has 1 saturated heterocycles. The number of likely N-dealkylation sites (N-methyl/N-ethyl adjacent to an activating group) is 1. The van der Waals surface area contributed by atoms with E-state index in [9.17, 15) is 9.59 Å². The van der Waals surface area contributed by atoms with Gasteiger partial charge in [-0.25, -0.2) is 0 Å². The van der Waals surface area contributed by atoms with Crippen molar-refractivity contribution in [3.8, 4) is 0 Å². The van der Waals surface area contributed by atoms with Crippen LogP contribution in [0.15, 0.2) is 67.0 Å². The number of aromatic nitrogens is 2. The fourth-order valence-corrected chi connectivity index (χ4v) is 3.62. The molecule has 8 nitrogen and oxygen atoms in total. The molecule has 1 fully saturated rings. The minimum Gasteiger partial charge on any atom is -0.378 e. The van der Waals surface area contributed by atoms with Crippen molar-refractivity contribution in [1.29, 1.82) is 0 Å². The smallest absolute Gasteiger partial charge is 0.257 e. The van der Waals surface area contributed by atoms with Gasteiger partial charge in [0.25, 0.3) is 5.91 Å². The first kappa shape index (κ1) is 21.6. The summed E-state index contributed by atoms with van der Waals surface area (Å²) in [4.78, 5) is 28.8. The highest BCUT2D eigenvalue weighted by Crippen LogP contribution is 2.19. The van der Waals surface area contributed by atoms with E-state index in [1.165, 1.54) is 11.1 Å². The summed E-state index contributed by atoms with van der Waals surface area (Å²) in [7, 11) is 1.61. The summed E-state index contributed by atoms with van der Waals surface area (Å²) in [6.07, 6.45) is 3.23. The maximum atomic E-state index is 12.7. The maximum Gasteiger partial charge on any atom is 0.257 e. The summed E-state index contributed by atoms with van der Waals surface area (Å²) in [6.45, 7) is 3.71. The Hall–Kier alpha value is -3.65. The van der Waals surface area contributed by atoms with E-state index >= 15 is 0 Å². The number of nitrogens with zero attached hydrogens (tertiary/aromatic N) is 4. The number of rotatable bonds is 7. The Morgan fingerprint density at radius 1 is 1.06 bits per heavy atom. The average molecular weight is 434 g/mol. The molecule has 4 rings (SSSR count). The molecule has 32 heavy (non-hydrogen) atoms. The molecule has 1 aliphatic rings. The molecule has 166 valence electrons. The number of carbonyl (C=O) groups excluding carboxylic acids is 2. The summed E-state index contributed by atoms with van der Waals surface area (Å²) in [5.74, 6) is -0.501. The Kier molecular flexibility index (Phi) is 6.81. The fraction of sp³-hybridized carbons (Fsp3) is 0.292. The molecule has 1 aliphatic heterocycles. The first-order chi connectivity index (χ1) is 15.6. The predicted octanol–water partition coefficient (Wildman–Crippen LogP) is 2.48. The van der Waals surface area contributed by atoms with E-state index in [4.69, 9.17) is 4.74 Å². The number of carbonyl (C=O) groups is 2. The van der Waals surface area contributed by atoms with Gasteiger partial charge < -0.3 is 19.9 Å². The van der Waals surface area contributed by atoms with Crippen molar-refractivity contribution in [2.45, 2.75) is 6.54 Å². The lowest BCUT2D eigenvalue weighted by molar-refractivity contribution is -0.116. The molecular formula is C24H27N5O3. The Morgan fingerprint density at radius 3 is 2.50 bits per heavy atom. The van der Waals surface area contributed by atoms with Crippen molar-refractivity contribution in [2.75, 3.05) is 50.1 Å². The average Bonchev–Trinajstić information content (AvgIpc) is 3.28. The van der Waals surface area contributed by atoms with Crippen LogP contribution in [0.4, 0.5) is 11.4 Å². The number of benzene rings is 2. The Balaban J connectivity index is 1.29. The first-order valence-electron chi connectivity index (χ1n) is 10.6. The van der Waals surface area contributed by atoms with E-state index in [-0.39, 0.29) is 18.4 Å². The monoisotopic (exact) mass is 433 g/mol. The van der Waals surface area contributed by atoms with Gasteiger partial charge in [-0.3, -0.25) is 14.3 Å².